The summed E-state index contributed by atoms with van der Waals surface area (Å²) >= 11 is 5.78. The molecule has 1 fully saturated rings. The van der Waals surface area contributed by atoms with Crippen molar-refractivity contribution in [1.82, 2.24) is 9.55 Å². The quantitative estimate of drug-likeness (QED) is 0.0929. The van der Waals surface area contributed by atoms with Crippen LogP contribution in [0.5, 0.6) is 0 Å². The fourth-order valence-corrected chi connectivity index (χ4v) is 8.49. The number of nitrogens with one attached hydrogen (secondary N) is 2. The first-order valence-corrected chi connectivity index (χ1v) is 22.8. The highest BCUT2D eigenvalue weighted by Gasteiger charge is 2.62. The summed E-state index contributed by atoms with van der Waals surface area (Å²) in [4.78, 5) is 103. The summed E-state index contributed by atoms with van der Waals surface area (Å²) in [6, 6.07) is 3.81. The number of alkyl halides is 3. The number of aryl methyl sites for hydroxylation is 1. The first-order chi connectivity index (χ1) is 26.2. The second kappa shape index (κ2) is 18.4. The summed E-state index contributed by atoms with van der Waals surface area (Å²) in [7, 11) is -26.5. The third-order valence-electron chi connectivity index (χ3n) is 6.53. The number of phosphoric ester groups is 1. The Kier molecular flexibility index (Phi) is 15.7. The zero-order valence-electron chi connectivity index (χ0n) is 28.3. The molecule has 58 heavy (non-hydrogen) atoms. The summed E-state index contributed by atoms with van der Waals surface area (Å²) in [5.74, 6) is 4.60. The standard InChI is InChI=1S/C14H9ClF3NO2.C10H15N2O13P3.H4O7P2/c15-9-3-4-11-10(7-9)13(14(16,17)18,21-12(20)19-11)6-5-8-1-2-8;1-6-4-12(10(14)11-9(6)13)8-3-2-7(23-8)5-22-27(18,19)25-28(20,21)24-26(15,16)17;1-8(2,3)7-9(4,5)6/h3-4,7-8H,1-2H2,(H,19,20);2-4,7-8H,5H2,1H3,(H,18,19)(H,20,21)(H,11,13,14)(H2,15,16,17);(H2,1,2,3)(H2,4,5,6)/t13-;7-,8+;/m00./s1. The number of H-pyrrole nitrogens is 1. The maximum absolute atomic E-state index is 13.6. The van der Waals surface area contributed by atoms with E-state index in [0.717, 1.165) is 23.5 Å². The van der Waals surface area contributed by atoms with Gasteiger partial charge in [-0.15, -0.1) is 0 Å². The number of carbonyl (C=O) groups excluding carboxylic acids is 1. The van der Waals surface area contributed by atoms with Gasteiger partial charge in [-0.1, -0.05) is 23.6 Å². The normalized spacial score (nSPS) is 22.5. The zero-order valence-corrected chi connectivity index (χ0v) is 33.5. The van der Waals surface area contributed by atoms with Gasteiger partial charge in [0, 0.05) is 28.3 Å². The van der Waals surface area contributed by atoms with Crippen LogP contribution in [-0.2, 0) is 55.4 Å². The number of rotatable bonds is 10. The van der Waals surface area contributed by atoms with Gasteiger partial charge in [0.05, 0.1) is 12.3 Å². The Labute approximate surface area is 325 Å². The van der Waals surface area contributed by atoms with Crippen LogP contribution >= 0.6 is 50.7 Å². The Balaban J connectivity index is 0.000000263. The first-order valence-electron chi connectivity index (χ1n) is 14.9. The molecular weight excluding hydrogens is 930 g/mol. The van der Waals surface area contributed by atoms with Gasteiger partial charge >= 0.3 is 57.1 Å². The van der Waals surface area contributed by atoms with Crippen molar-refractivity contribution >= 4 is 62.5 Å². The summed E-state index contributed by atoms with van der Waals surface area (Å²) in [5.41, 5.74) is -4.38. The smallest absolute Gasteiger partial charge is 0.415 e. The minimum absolute atomic E-state index is 0.00179. The van der Waals surface area contributed by atoms with Crippen LogP contribution in [0.4, 0.5) is 23.7 Å². The molecule has 34 heteroatoms. The topological polar surface area (TPSA) is 387 Å². The van der Waals surface area contributed by atoms with E-state index in [9.17, 15) is 55.3 Å². The first kappa shape index (κ1) is 49.5. The molecule has 0 radical (unpaired) electrons. The lowest BCUT2D eigenvalue weighted by molar-refractivity contribution is -0.239. The van der Waals surface area contributed by atoms with Gasteiger partial charge in [0.2, 0.25) is 0 Å². The maximum Gasteiger partial charge on any atom is 0.490 e. The van der Waals surface area contributed by atoms with Gasteiger partial charge < -0.3 is 48.6 Å². The van der Waals surface area contributed by atoms with Crippen LogP contribution in [0.25, 0.3) is 0 Å². The van der Waals surface area contributed by atoms with Crippen molar-refractivity contribution in [2.45, 2.75) is 43.9 Å². The minimum Gasteiger partial charge on any atom is -0.415 e. The molecule has 2 aliphatic heterocycles. The molecule has 1 aliphatic carbocycles. The average Bonchev–Trinajstić information content (AvgIpc) is 3.72. The number of benzene rings is 1. The van der Waals surface area contributed by atoms with Gasteiger partial charge in [0.15, 0.2) is 6.23 Å². The van der Waals surface area contributed by atoms with Crippen LogP contribution < -0.4 is 16.6 Å². The Morgan fingerprint density at radius 3 is 2.02 bits per heavy atom. The lowest BCUT2D eigenvalue weighted by Crippen LogP contribution is -2.49. The number of ether oxygens (including phenoxy) is 2. The highest BCUT2D eigenvalue weighted by atomic mass is 35.5. The van der Waals surface area contributed by atoms with E-state index in [4.69, 9.17) is 50.6 Å². The molecule has 1 aromatic carbocycles. The van der Waals surface area contributed by atoms with E-state index in [1.807, 2.05) is 0 Å². The number of nitrogens with zero attached hydrogens (tertiary/aromatic N) is 1. The van der Waals surface area contributed by atoms with Gasteiger partial charge in [0.25, 0.3) is 11.2 Å². The van der Waals surface area contributed by atoms with Crippen LogP contribution in [0.1, 0.15) is 30.2 Å². The average molecular weight is 958 g/mol. The molecule has 2 unspecified atom stereocenters. The van der Waals surface area contributed by atoms with E-state index < -0.39 is 87.2 Å². The van der Waals surface area contributed by atoms with E-state index in [1.165, 1.54) is 37.4 Å². The molecule has 2 aromatic rings. The van der Waals surface area contributed by atoms with Crippen molar-refractivity contribution in [2.75, 3.05) is 11.9 Å². The summed E-state index contributed by atoms with van der Waals surface area (Å²) < 4.78 is 119. The second-order valence-corrected chi connectivity index (χ2v) is 18.8. The molecule has 1 amide bonds. The van der Waals surface area contributed by atoms with Crippen LogP contribution in [0, 0.1) is 24.7 Å². The van der Waals surface area contributed by atoms with Crippen molar-refractivity contribution in [3.8, 4) is 11.8 Å². The summed E-state index contributed by atoms with van der Waals surface area (Å²) in [6.45, 7) is 0.758. The Bertz CT molecular complexity index is 2320. The number of aromatic amines is 1. The van der Waals surface area contributed by atoms with Crippen molar-refractivity contribution in [1.29, 1.82) is 0 Å². The van der Waals surface area contributed by atoms with Crippen molar-refractivity contribution < 1.29 is 107 Å². The lowest BCUT2D eigenvalue weighted by Gasteiger charge is -2.35. The van der Waals surface area contributed by atoms with Crippen molar-refractivity contribution in [3.05, 3.63) is 73.5 Å². The number of fused-ring (bicyclic) bond motifs is 1. The molecule has 3 heterocycles. The SMILES string of the molecule is Cc1cn([C@H]2C=C[C@@H](COP(=O)(O)OP(=O)(O)OP(=O)(O)O)O2)c(=O)[nH]c1=O.O=C1Nc2ccc(Cl)cc2[C@@](C#CC2CC2)(C(F)(F)F)O1.O=P(O)(O)OP(=O)(O)O. The minimum atomic E-state index is -5.61. The Morgan fingerprint density at radius 2 is 1.50 bits per heavy atom. The van der Waals surface area contributed by atoms with Gasteiger partial charge in [-0.05, 0) is 50.0 Å². The van der Waals surface area contributed by atoms with Gasteiger partial charge in [0.1, 0.15) is 6.10 Å². The number of aromatic nitrogens is 2. The second-order valence-electron chi connectivity index (χ2n) is 11.3. The molecule has 10 N–H and O–H groups in total. The number of halogens is 4. The van der Waals surface area contributed by atoms with Crippen LogP contribution in [0.2, 0.25) is 5.02 Å². The largest absolute Gasteiger partial charge is 0.490 e. The van der Waals surface area contributed by atoms with Crippen LogP contribution in [0.3, 0.4) is 0 Å². The molecule has 324 valence electrons. The van der Waals surface area contributed by atoms with E-state index in [2.05, 4.69) is 44.3 Å². The van der Waals surface area contributed by atoms with Crippen molar-refractivity contribution in [2.24, 2.45) is 5.92 Å². The molecule has 3 aliphatic rings. The molecule has 0 bridgehead atoms. The third kappa shape index (κ3) is 15.7. The predicted molar refractivity (Wildman–Crippen MR) is 184 cm³/mol. The summed E-state index contributed by atoms with van der Waals surface area (Å²) in [5, 5.41) is 2.34. The van der Waals surface area contributed by atoms with E-state index in [0.29, 0.717) is 0 Å². The fourth-order valence-electron chi connectivity index (χ4n) is 4.18. The van der Waals surface area contributed by atoms with E-state index in [-0.39, 0.29) is 27.8 Å². The van der Waals surface area contributed by atoms with Crippen LogP contribution in [0.15, 0.2) is 46.1 Å². The number of anilines is 1. The number of hydrogen-bond acceptors (Lipinski definition) is 14. The number of phosphoric acid groups is 5. The fraction of sp³-hybridized carbons (Fsp3) is 0.375. The Hall–Kier alpha value is -2.82. The zero-order chi connectivity index (χ0) is 44.3. The van der Waals surface area contributed by atoms with E-state index >= 15 is 0 Å². The van der Waals surface area contributed by atoms with Crippen LogP contribution in [-0.4, -0.2) is 73.7 Å². The monoisotopic (exact) mass is 957 g/mol. The highest BCUT2D eigenvalue weighted by Crippen LogP contribution is 2.66. The van der Waals surface area contributed by atoms with Gasteiger partial charge in [-0.25, -0.2) is 32.4 Å². The summed E-state index contributed by atoms with van der Waals surface area (Å²) in [6.07, 6.45) is -2.57. The van der Waals surface area contributed by atoms with Crippen molar-refractivity contribution in [3.63, 3.8) is 0 Å². The molecule has 5 rings (SSSR count). The predicted octanol–water partition coefficient (Wildman–Crippen LogP) is 2.90. The number of carbonyl (C=O) groups is 1. The number of cyclic esters (lactones) is 1. The number of hydrogen-bond donors (Lipinski definition) is 10. The molecule has 25 nitrogen and oxygen atoms in total. The molecule has 1 aromatic heterocycles. The van der Waals surface area contributed by atoms with Gasteiger partial charge in [-0.3, -0.25) is 24.2 Å². The number of amides is 1. The molecular formula is C24H28ClF3N3O22P5. The van der Waals surface area contributed by atoms with Gasteiger partial charge in [-0.2, -0.15) is 26.1 Å². The lowest BCUT2D eigenvalue weighted by atomic mass is 9.90. The van der Waals surface area contributed by atoms with E-state index in [1.54, 1.807) is 0 Å². The molecule has 0 saturated heterocycles. The Morgan fingerprint density at radius 1 is 0.914 bits per heavy atom. The third-order valence-corrected chi connectivity index (χ3v) is 12.3. The molecule has 0 spiro atoms. The highest BCUT2D eigenvalue weighted by molar-refractivity contribution is 7.66. The molecule has 5 atom stereocenters. The maximum atomic E-state index is 13.6. The molecule has 1 saturated carbocycles.